The van der Waals surface area contributed by atoms with Crippen LogP contribution in [0.15, 0.2) is 88.2 Å². The molecule has 4 aromatic rings. The molecule has 0 aliphatic carbocycles. The summed E-state index contributed by atoms with van der Waals surface area (Å²) in [7, 11) is -3.82. The Kier molecular flexibility index (Phi) is 5.90. The van der Waals surface area contributed by atoms with Gasteiger partial charge in [-0.25, -0.2) is 18.4 Å². The summed E-state index contributed by atoms with van der Waals surface area (Å²) in [6, 6.07) is 24.3. The van der Waals surface area contributed by atoms with Crippen LogP contribution in [0.4, 0.5) is 17.3 Å². The number of hydrogen-bond acceptors (Lipinski definition) is 6. The van der Waals surface area contributed by atoms with Gasteiger partial charge in [-0.2, -0.15) is 0 Å². The molecule has 0 radical (unpaired) electrons. The highest BCUT2D eigenvalue weighted by Gasteiger charge is 2.25. The Morgan fingerprint density at radius 2 is 1.30 bits per heavy atom. The van der Waals surface area contributed by atoms with Crippen LogP contribution >= 0.6 is 15.9 Å². The van der Waals surface area contributed by atoms with Crippen LogP contribution in [0.2, 0.25) is 0 Å². The van der Waals surface area contributed by atoms with E-state index >= 15 is 0 Å². The van der Waals surface area contributed by atoms with Crippen molar-refractivity contribution in [2.24, 2.45) is 0 Å². The predicted octanol–water partition coefficient (Wildman–Crippen LogP) is 4.52. The molecule has 0 saturated carbocycles. The van der Waals surface area contributed by atoms with E-state index in [1.165, 1.54) is 5.69 Å². The molecule has 0 amide bonds. The van der Waals surface area contributed by atoms with Gasteiger partial charge in [0.25, 0.3) is 10.0 Å². The lowest BCUT2D eigenvalue weighted by Gasteiger charge is -2.37. The van der Waals surface area contributed by atoms with Crippen LogP contribution in [0, 0.1) is 0 Å². The van der Waals surface area contributed by atoms with E-state index in [4.69, 9.17) is 4.98 Å². The second kappa shape index (κ2) is 8.99. The zero-order valence-corrected chi connectivity index (χ0v) is 20.1. The van der Waals surface area contributed by atoms with E-state index in [0.29, 0.717) is 24.4 Å². The van der Waals surface area contributed by atoms with Crippen molar-refractivity contribution >= 4 is 54.3 Å². The van der Waals surface area contributed by atoms with Gasteiger partial charge < -0.3 is 9.80 Å². The lowest BCUT2D eigenvalue weighted by atomic mass is 10.2. The topological polar surface area (TPSA) is 78.4 Å². The Bertz CT molecular complexity index is 1370. The number of benzene rings is 3. The first-order valence-corrected chi connectivity index (χ1v) is 12.9. The molecule has 0 atom stereocenters. The number of anilines is 3. The van der Waals surface area contributed by atoms with Gasteiger partial charge in [-0.15, -0.1) is 0 Å². The highest BCUT2D eigenvalue weighted by atomic mass is 79.9. The fourth-order valence-corrected chi connectivity index (χ4v) is 5.16. The van der Waals surface area contributed by atoms with E-state index in [9.17, 15) is 8.42 Å². The van der Waals surface area contributed by atoms with E-state index in [1.807, 2.05) is 42.5 Å². The summed E-state index contributed by atoms with van der Waals surface area (Å²) in [5, 5.41) is 0. The number of sulfonamides is 1. The number of piperazine rings is 1. The Morgan fingerprint density at radius 1 is 0.727 bits per heavy atom. The number of rotatable bonds is 5. The quantitative estimate of drug-likeness (QED) is 0.414. The van der Waals surface area contributed by atoms with Crippen LogP contribution in [-0.2, 0) is 10.0 Å². The summed E-state index contributed by atoms with van der Waals surface area (Å²) in [5.41, 5.74) is 2.54. The van der Waals surface area contributed by atoms with Gasteiger partial charge in [-0.05, 0) is 48.5 Å². The molecule has 1 aliphatic heterocycles. The Hall–Kier alpha value is -3.17. The summed E-state index contributed by atoms with van der Waals surface area (Å²) in [6.45, 7) is 3.01. The lowest BCUT2D eigenvalue weighted by Crippen LogP contribution is -2.47. The predicted molar refractivity (Wildman–Crippen MR) is 135 cm³/mol. The number of aromatic nitrogens is 2. The van der Waals surface area contributed by atoms with E-state index in [1.54, 1.807) is 24.3 Å². The molecule has 7 nitrogen and oxygen atoms in total. The van der Waals surface area contributed by atoms with Crippen LogP contribution in [0.25, 0.3) is 11.0 Å². The summed E-state index contributed by atoms with van der Waals surface area (Å²) < 4.78 is 29.7. The second-order valence-electron chi connectivity index (χ2n) is 7.75. The summed E-state index contributed by atoms with van der Waals surface area (Å²) in [5.74, 6) is 0.784. The molecule has 1 N–H and O–H groups in total. The number of nitrogens with zero attached hydrogens (tertiary/aromatic N) is 4. The van der Waals surface area contributed by atoms with E-state index in [-0.39, 0.29) is 10.7 Å². The van der Waals surface area contributed by atoms with Gasteiger partial charge >= 0.3 is 0 Å². The average Bonchev–Trinajstić information content (AvgIpc) is 2.84. The van der Waals surface area contributed by atoms with Gasteiger partial charge in [0.05, 0.1) is 15.9 Å². The Balaban J connectivity index is 1.47. The molecular formula is C24H22BrN5O2S. The van der Waals surface area contributed by atoms with E-state index in [0.717, 1.165) is 23.1 Å². The van der Waals surface area contributed by atoms with Crippen molar-refractivity contribution < 1.29 is 8.42 Å². The summed E-state index contributed by atoms with van der Waals surface area (Å²) in [4.78, 5) is 14.0. The minimum atomic E-state index is -3.82. The number of nitrogens with one attached hydrogen (secondary N) is 1. The molecule has 2 heterocycles. The van der Waals surface area contributed by atoms with Crippen LogP contribution in [0.5, 0.6) is 0 Å². The fourth-order valence-electron chi connectivity index (χ4n) is 3.89. The van der Waals surface area contributed by atoms with Gasteiger partial charge in [-0.1, -0.05) is 46.3 Å². The van der Waals surface area contributed by atoms with Crippen molar-refractivity contribution in [1.82, 2.24) is 9.97 Å². The molecule has 1 aliphatic rings. The molecule has 1 fully saturated rings. The summed E-state index contributed by atoms with van der Waals surface area (Å²) in [6.07, 6.45) is 0. The summed E-state index contributed by atoms with van der Waals surface area (Å²) >= 11 is 3.34. The van der Waals surface area contributed by atoms with Crippen molar-refractivity contribution in [3.8, 4) is 0 Å². The smallest absolute Gasteiger partial charge is 0.263 e. The first kappa shape index (κ1) is 21.7. The molecule has 3 aromatic carbocycles. The van der Waals surface area contributed by atoms with E-state index in [2.05, 4.69) is 47.6 Å². The third-order valence-electron chi connectivity index (χ3n) is 5.61. The molecule has 33 heavy (non-hydrogen) atoms. The largest absolute Gasteiger partial charge is 0.368 e. The minimum absolute atomic E-state index is 0.167. The lowest BCUT2D eigenvalue weighted by molar-refractivity contribution is 0.601. The Labute approximate surface area is 201 Å². The molecule has 1 saturated heterocycles. The van der Waals surface area contributed by atoms with Crippen molar-refractivity contribution in [2.75, 3.05) is 40.7 Å². The van der Waals surface area contributed by atoms with Gasteiger partial charge in [-0.3, -0.25) is 4.72 Å². The average molecular weight is 524 g/mol. The molecule has 0 spiro atoms. The first-order valence-electron chi connectivity index (χ1n) is 10.6. The molecule has 0 bridgehead atoms. The normalized spacial score (nSPS) is 14.5. The highest BCUT2D eigenvalue weighted by Crippen LogP contribution is 2.29. The highest BCUT2D eigenvalue weighted by molar-refractivity contribution is 9.10. The molecule has 5 rings (SSSR count). The maximum atomic E-state index is 13.1. The van der Waals surface area contributed by atoms with Crippen molar-refractivity contribution in [3.05, 3.63) is 83.3 Å². The van der Waals surface area contributed by atoms with Crippen LogP contribution in [0.3, 0.4) is 0 Å². The zero-order valence-electron chi connectivity index (χ0n) is 17.7. The Morgan fingerprint density at radius 3 is 1.97 bits per heavy atom. The van der Waals surface area contributed by atoms with Gasteiger partial charge in [0.2, 0.25) is 0 Å². The number of fused-ring (bicyclic) bond motifs is 1. The van der Waals surface area contributed by atoms with Crippen molar-refractivity contribution in [2.45, 2.75) is 4.90 Å². The van der Waals surface area contributed by atoms with Crippen LogP contribution in [-0.4, -0.2) is 44.6 Å². The molecule has 168 valence electrons. The van der Waals surface area contributed by atoms with Gasteiger partial charge in [0.1, 0.15) is 0 Å². The van der Waals surface area contributed by atoms with Crippen molar-refractivity contribution in [3.63, 3.8) is 0 Å². The van der Waals surface area contributed by atoms with Crippen molar-refractivity contribution in [1.29, 1.82) is 0 Å². The van der Waals surface area contributed by atoms with E-state index < -0.39 is 10.0 Å². The zero-order chi connectivity index (χ0) is 22.8. The number of halogens is 1. The molecule has 9 heteroatoms. The molecule has 1 aromatic heterocycles. The molecular weight excluding hydrogens is 502 g/mol. The monoisotopic (exact) mass is 523 g/mol. The number of para-hydroxylation sites is 3. The fraction of sp³-hybridized carbons (Fsp3) is 0.167. The van der Waals surface area contributed by atoms with Gasteiger partial charge in [0, 0.05) is 36.3 Å². The standard InChI is InChI=1S/C24H22BrN5O2S/c25-18-10-12-20(13-11-18)33(31,32)28-23-24(27-22-9-5-4-8-21(22)26-23)30-16-14-29(15-17-30)19-6-2-1-3-7-19/h1-13H,14-17H2,(H,26,28). The number of hydrogen-bond donors (Lipinski definition) is 1. The van der Waals surface area contributed by atoms with Crippen LogP contribution in [0.1, 0.15) is 0 Å². The minimum Gasteiger partial charge on any atom is -0.368 e. The maximum absolute atomic E-state index is 13.1. The third-order valence-corrected chi connectivity index (χ3v) is 7.49. The van der Waals surface area contributed by atoms with Gasteiger partial charge in [0.15, 0.2) is 11.6 Å². The maximum Gasteiger partial charge on any atom is 0.263 e. The first-order chi connectivity index (χ1) is 16.0. The SMILES string of the molecule is O=S(=O)(Nc1nc2ccccc2nc1N1CCN(c2ccccc2)CC1)c1ccc(Br)cc1. The third kappa shape index (κ3) is 4.65. The second-order valence-corrected chi connectivity index (χ2v) is 10.4. The van der Waals surface area contributed by atoms with Crippen LogP contribution < -0.4 is 14.5 Å². The molecule has 0 unspecified atom stereocenters.